The summed E-state index contributed by atoms with van der Waals surface area (Å²) in [5.74, 6) is -0.548. The third kappa shape index (κ3) is 3.68. The number of para-hydroxylation sites is 2. The summed E-state index contributed by atoms with van der Waals surface area (Å²) in [7, 11) is 0. The average Bonchev–Trinajstić information content (AvgIpc) is 2.79. The van der Waals surface area contributed by atoms with E-state index in [2.05, 4.69) is 17.2 Å². The summed E-state index contributed by atoms with van der Waals surface area (Å²) in [5.41, 5.74) is 1.20. The number of benzene rings is 1. The summed E-state index contributed by atoms with van der Waals surface area (Å²) < 4.78 is 3.02. The van der Waals surface area contributed by atoms with Gasteiger partial charge in [0.15, 0.2) is 0 Å². The van der Waals surface area contributed by atoms with Crippen molar-refractivity contribution in [2.75, 3.05) is 6.54 Å². The first-order chi connectivity index (χ1) is 11.1. The Balaban J connectivity index is 2.24. The SMILES string of the molecule is C=CCNC(=O)NC(=O)Cn1c(=O)n(CCC)c2ccccc21. The summed E-state index contributed by atoms with van der Waals surface area (Å²) in [6, 6.07) is 6.68. The fraction of sp³-hybridized carbons (Fsp3) is 0.312. The van der Waals surface area contributed by atoms with Crippen molar-refractivity contribution in [2.24, 2.45) is 0 Å². The van der Waals surface area contributed by atoms with E-state index < -0.39 is 11.9 Å². The molecule has 2 rings (SSSR count). The molecule has 0 aliphatic heterocycles. The number of nitrogens with one attached hydrogen (secondary N) is 2. The molecule has 0 spiro atoms. The Kier molecular flexibility index (Phi) is 5.35. The number of nitrogens with zero attached hydrogens (tertiary/aromatic N) is 2. The molecule has 0 aliphatic carbocycles. The van der Waals surface area contributed by atoms with Crippen LogP contribution in [0.25, 0.3) is 11.0 Å². The van der Waals surface area contributed by atoms with Crippen LogP contribution in [0.5, 0.6) is 0 Å². The van der Waals surface area contributed by atoms with Crippen LogP contribution in [0.2, 0.25) is 0 Å². The van der Waals surface area contributed by atoms with Crippen molar-refractivity contribution in [1.82, 2.24) is 19.8 Å². The molecule has 7 heteroatoms. The van der Waals surface area contributed by atoms with Crippen LogP contribution < -0.4 is 16.3 Å². The zero-order valence-corrected chi connectivity index (χ0v) is 13.0. The Morgan fingerprint density at radius 1 is 1.22 bits per heavy atom. The molecule has 1 aromatic heterocycles. The van der Waals surface area contributed by atoms with E-state index in [0.717, 1.165) is 11.9 Å². The molecule has 2 aromatic rings. The number of urea groups is 1. The quantitative estimate of drug-likeness (QED) is 0.786. The van der Waals surface area contributed by atoms with Crippen molar-refractivity contribution in [3.8, 4) is 0 Å². The van der Waals surface area contributed by atoms with Crippen molar-refractivity contribution in [2.45, 2.75) is 26.4 Å². The monoisotopic (exact) mass is 316 g/mol. The molecule has 0 aliphatic rings. The van der Waals surface area contributed by atoms with Crippen LogP contribution in [0.3, 0.4) is 0 Å². The second kappa shape index (κ2) is 7.44. The molecule has 0 saturated carbocycles. The Labute approximate surface area is 133 Å². The normalized spacial score (nSPS) is 10.5. The zero-order valence-electron chi connectivity index (χ0n) is 13.0. The Bertz CT molecular complexity index is 788. The number of aromatic nitrogens is 2. The summed E-state index contributed by atoms with van der Waals surface area (Å²) in [5, 5.41) is 4.64. The third-order valence-electron chi connectivity index (χ3n) is 3.33. The molecule has 7 nitrogen and oxygen atoms in total. The lowest BCUT2D eigenvalue weighted by Gasteiger charge is -2.05. The number of imidazole rings is 1. The van der Waals surface area contributed by atoms with Gasteiger partial charge in [0.05, 0.1) is 11.0 Å². The van der Waals surface area contributed by atoms with Crippen LogP contribution in [0.1, 0.15) is 13.3 Å². The van der Waals surface area contributed by atoms with E-state index in [1.54, 1.807) is 10.6 Å². The molecule has 1 aromatic carbocycles. The maximum atomic E-state index is 12.5. The van der Waals surface area contributed by atoms with E-state index in [1.807, 2.05) is 25.1 Å². The number of imide groups is 1. The summed E-state index contributed by atoms with van der Waals surface area (Å²) in [4.78, 5) is 36.0. The maximum absolute atomic E-state index is 12.5. The van der Waals surface area contributed by atoms with E-state index in [-0.39, 0.29) is 18.8 Å². The number of hydrogen-bond acceptors (Lipinski definition) is 3. The average molecular weight is 316 g/mol. The summed E-state index contributed by atoms with van der Waals surface area (Å²) in [6.07, 6.45) is 2.32. The van der Waals surface area contributed by atoms with Gasteiger partial charge in [0, 0.05) is 13.1 Å². The van der Waals surface area contributed by atoms with Crippen LogP contribution >= 0.6 is 0 Å². The molecule has 0 bridgehead atoms. The fourth-order valence-electron chi connectivity index (χ4n) is 2.38. The van der Waals surface area contributed by atoms with Crippen LogP contribution in [-0.4, -0.2) is 27.6 Å². The van der Waals surface area contributed by atoms with Crippen LogP contribution in [0.15, 0.2) is 41.7 Å². The van der Waals surface area contributed by atoms with Crippen LogP contribution in [-0.2, 0) is 17.9 Å². The fourth-order valence-corrected chi connectivity index (χ4v) is 2.38. The van der Waals surface area contributed by atoms with Crippen LogP contribution in [0, 0.1) is 0 Å². The molecular weight excluding hydrogens is 296 g/mol. The van der Waals surface area contributed by atoms with Gasteiger partial charge in [-0.25, -0.2) is 9.59 Å². The predicted octanol–water partition coefficient (Wildman–Crippen LogP) is 1.22. The molecule has 1 heterocycles. The minimum atomic E-state index is -0.611. The van der Waals surface area contributed by atoms with E-state index >= 15 is 0 Å². The van der Waals surface area contributed by atoms with Gasteiger partial charge in [-0.05, 0) is 18.6 Å². The van der Waals surface area contributed by atoms with E-state index in [4.69, 9.17) is 0 Å². The minimum absolute atomic E-state index is 0.211. The number of carbonyl (C=O) groups is 2. The lowest BCUT2D eigenvalue weighted by atomic mass is 10.3. The van der Waals surface area contributed by atoms with Gasteiger partial charge in [-0.3, -0.25) is 19.2 Å². The highest BCUT2D eigenvalue weighted by Gasteiger charge is 2.15. The highest BCUT2D eigenvalue weighted by molar-refractivity contribution is 5.94. The van der Waals surface area contributed by atoms with Crippen molar-refractivity contribution < 1.29 is 9.59 Å². The molecule has 122 valence electrons. The van der Waals surface area contributed by atoms with Gasteiger partial charge >= 0.3 is 11.7 Å². The topological polar surface area (TPSA) is 85.1 Å². The van der Waals surface area contributed by atoms with E-state index in [0.29, 0.717) is 12.1 Å². The summed E-state index contributed by atoms with van der Waals surface area (Å²) in [6.45, 7) is 6.08. The van der Waals surface area contributed by atoms with Crippen molar-refractivity contribution in [3.63, 3.8) is 0 Å². The molecular formula is C16H20N4O3. The largest absolute Gasteiger partial charge is 0.334 e. The smallest absolute Gasteiger partial charge is 0.329 e. The highest BCUT2D eigenvalue weighted by Crippen LogP contribution is 2.12. The predicted molar refractivity (Wildman–Crippen MR) is 88.2 cm³/mol. The van der Waals surface area contributed by atoms with Crippen molar-refractivity contribution >= 4 is 23.0 Å². The molecule has 23 heavy (non-hydrogen) atoms. The Hall–Kier alpha value is -2.83. The van der Waals surface area contributed by atoms with Crippen LogP contribution in [0.4, 0.5) is 4.79 Å². The third-order valence-corrected chi connectivity index (χ3v) is 3.33. The number of aryl methyl sites for hydroxylation is 1. The first kappa shape index (κ1) is 16.5. The molecule has 3 amide bonds. The number of hydrogen-bond donors (Lipinski definition) is 2. The second-order valence-electron chi connectivity index (χ2n) is 5.06. The molecule has 0 unspecified atom stereocenters. The number of rotatable bonds is 6. The molecule has 2 N–H and O–H groups in total. The van der Waals surface area contributed by atoms with Gasteiger partial charge in [0.2, 0.25) is 5.91 Å². The number of amides is 3. The first-order valence-electron chi connectivity index (χ1n) is 7.45. The van der Waals surface area contributed by atoms with Crippen molar-refractivity contribution in [1.29, 1.82) is 0 Å². The standard InChI is InChI=1S/C16H20N4O3/c1-3-9-17-15(22)18-14(21)11-20-13-8-6-5-7-12(13)19(10-4-2)16(20)23/h3,5-8H,1,4,9-11H2,2H3,(H2,17,18,21,22). The second-order valence-corrected chi connectivity index (χ2v) is 5.06. The first-order valence-corrected chi connectivity index (χ1v) is 7.45. The molecule has 0 atom stereocenters. The van der Waals surface area contributed by atoms with Gasteiger partial charge < -0.3 is 5.32 Å². The zero-order chi connectivity index (χ0) is 16.8. The highest BCUT2D eigenvalue weighted by atomic mass is 16.2. The van der Waals surface area contributed by atoms with Gasteiger partial charge in [-0.2, -0.15) is 0 Å². The van der Waals surface area contributed by atoms with Gasteiger partial charge in [-0.15, -0.1) is 6.58 Å². The Morgan fingerprint density at radius 2 is 1.87 bits per heavy atom. The minimum Gasteiger partial charge on any atom is -0.334 e. The van der Waals surface area contributed by atoms with Crippen molar-refractivity contribution in [3.05, 3.63) is 47.4 Å². The van der Waals surface area contributed by atoms with E-state index in [9.17, 15) is 14.4 Å². The lowest BCUT2D eigenvalue weighted by molar-refractivity contribution is -0.120. The molecule has 0 radical (unpaired) electrons. The Morgan fingerprint density at radius 3 is 2.48 bits per heavy atom. The maximum Gasteiger partial charge on any atom is 0.329 e. The van der Waals surface area contributed by atoms with Gasteiger partial charge in [0.25, 0.3) is 0 Å². The van der Waals surface area contributed by atoms with Gasteiger partial charge in [0.1, 0.15) is 6.54 Å². The number of fused-ring (bicyclic) bond motifs is 1. The lowest BCUT2D eigenvalue weighted by Crippen LogP contribution is -2.42. The van der Waals surface area contributed by atoms with Gasteiger partial charge in [-0.1, -0.05) is 25.1 Å². The molecule has 0 saturated heterocycles. The molecule has 0 fully saturated rings. The van der Waals surface area contributed by atoms with E-state index in [1.165, 1.54) is 10.6 Å². The number of carbonyl (C=O) groups excluding carboxylic acids is 2. The summed E-state index contributed by atoms with van der Waals surface area (Å²) >= 11 is 0.